The summed E-state index contributed by atoms with van der Waals surface area (Å²) in [7, 11) is 0. The van der Waals surface area contributed by atoms with Crippen LogP contribution in [0, 0.1) is 0 Å². The number of hydrogen-bond acceptors (Lipinski definition) is 4. The molecule has 8 heteroatoms. The topological polar surface area (TPSA) is 79.5 Å². The van der Waals surface area contributed by atoms with Crippen molar-refractivity contribution in [3.63, 3.8) is 0 Å². The molecule has 3 N–H and O–H groups in total. The maximum Gasteiger partial charge on any atom is 0.271 e. The van der Waals surface area contributed by atoms with Crippen molar-refractivity contribution in [2.75, 3.05) is 6.61 Å². The third kappa shape index (κ3) is 6.23. The summed E-state index contributed by atoms with van der Waals surface area (Å²) in [6.07, 6.45) is 1.89. The van der Waals surface area contributed by atoms with Crippen LogP contribution in [0.1, 0.15) is 40.5 Å². The highest BCUT2D eigenvalue weighted by atomic mass is 35.5. The Hall–Kier alpha value is -2.64. The maximum atomic E-state index is 12.4. The van der Waals surface area contributed by atoms with Gasteiger partial charge in [0, 0.05) is 0 Å². The molecule has 0 atom stereocenters. The molecule has 0 aliphatic heterocycles. The highest BCUT2D eigenvalue weighted by Crippen LogP contribution is 2.18. The molecular formula is C19H20ClN3O3S. The average Bonchev–Trinajstić information content (AvgIpc) is 2.67. The lowest BCUT2D eigenvalue weighted by Gasteiger charge is -2.13. The zero-order valence-electron chi connectivity index (χ0n) is 14.8. The molecule has 0 spiro atoms. The third-order valence-electron chi connectivity index (χ3n) is 3.52. The number of benzene rings is 2. The molecule has 2 aromatic carbocycles. The predicted octanol–water partition coefficient (Wildman–Crippen LogP) is 3.47. The molecule has 0 aliphatic rings. The van der Waals surface area contributed by atoms with Crippen LogP contribution in [-0.4, -0.2) is 23.5 Å². The number of nitrogens with one attached hydrogen (secondary N) is 3. The van der Waals surface area contributed by atoms with Gasteiger partial charge in [0.2, 0.25) is 0 Å². The van der Waals surface area contributed by atoms with E-state index < -0.39 is 11.8 Å². The zero-order valence-corrected chi connectivity index (χ0v) is 16.3. The van der Waals surface area contributed by atoms with E-state index in [-0.39, 0.29) is 10.7 Å². The van der Waals surface area contributed by atoms with Gasteiger partial charge in [-0.25, -0.2) is 0 Å². The van der Waals surface area contributed by atoms with Crippen LogP contribution in [0.25, 0.3) is 0 Å². The minimum absolute atomic E-state index is 0.0521. The number of thiocarbonyl (C=S) groups is 1. The van der Waals surface area contributed by atoms with Crippen molar-refractivity contribution in [3.8, 4) is 5.75 Å². The van der Waals surface area contributed by atoms with E-state index in [1.54, 1.807) is 48.5 Å². The van der Waals surface area contributed by atoms with Gasteiger partial charge in [-0.1, -0.05) is 49.2 Å². The number of unbranched alkanes of at least 4 members (excludes halogenated alkanes) is 1. The molecule has 0 aliphatic carbocycles. The van der Waals surface area contributed by atoms with Crippen LogP contribution in [0.4, 0.5) is 0 Å². The number of rotatable bonds is 6. The normalized spacial score (nSPS) is 10.0. The fourth-order valence-electron chi connectivity index (χ4n) is 2.13. The highest BCUT2D eigenvalue weighted by molar-refractivity contribution is 7.80. The van der Waals surface area contributed by atoms with Crippen LogP contribution in [0.3, 0.4) is 0 Å². The van der Waals surface area contributed by atoms with Crippen molar-refractivity contribution in [2.24, 2.45) is 0 Å². The lowest BCUT2D eigenvalue weighted by Crippen LogP contribution is -2.48. The van der Waals surface area contributed by atoms with Crippen molar-refractivity contribution >= 4 is 40.7 Å². The SMILES string of the molecule is CCCCOc1ccccc1C(=O)NC(=S)NNC(=O)c1ccccc1Cl. The number of carbonyl (C=O) groups is 2. The second kappa shape index (κ2) is 10.5. The Labute approximate surface area is 168 Å². The number of amides is 2. The maximum absolute atomic E-state index is 12.4. The lowest BCUT2D eigenvalue weighted by atomic mass is 10.2. The summed E-state index contributed by atoms with van der Waals surface area (Å²) in [5, 5.41) is 2.76. The summed E-state index contributed by atoms with van der Waals surface area (Å²) in [5.74, 6) is -0.432. The average molecular weight is 406 g/mol. The van der Waals surface area contributed by atoms with Gasteiger partial charge in [0.1, 0.15) is 5.75 Å². The van der Waals surface area contributed by atoms with Gasteiger partial charge in [-0.05, 0) is 42.9 Å². The van der Waals surface area contributed by atoms with Crippen molar-refractivity contribution < 1.29 is 14.3 Å². The molecule has 0 fully saturated rings. The second-order valence-corrected chi connectivity index (χ2v) is 6.36. The second-order valence-electron chi connectivity index (χ2n) is 5.54. The van der Waals surface area contributed by atoms with E-state index in [9.17, 15) is 9.59 Å². The molecule has 2 amide bonds. The molecule has 2 aromatic rings. The fraction of sp³-hybridized carbons (Fsp3) is 0.211. The fourth-order valence-corrected chi connectivity index (χ4v) is 2.50. The Balaban J connectivity index is 1.91. The molecule has 0 bridgehead atoms. The predicted molar refractivity (Wildman–Crippen MR) is 109 cm³/mol. The van der Waals surface area contributed by atoms with Crippen LogP contribution < -0.4 is 20.9 Å². The number of para-hydroxylation sites is 1. The number of carbonyl (C=O) groups excluding carboxylic acids is 2. The molecule has 0 saturated carbocycles. The summed E-state index contributed by atoms with van der Waals surface area (Å²) >= 11 is 11.0. The molecule has 27 heavy (non-hydrogen) atoms. The van der Waals surface area contributed by atoms with Crippen molar-refractivity contribution in [2.45, 2.75) is 19.8 Å². The minimum Gasteiger partial charge on any atom is -0.493 e. The molecule has 142 valence electrons. The van der Waals surface area contributed by atoms with Gasteiger partial charge in [-0.15, -0.1) is 0 Å². The van der Waals surface area contributed by atoms with E-state index in [0.717, 1.165) is 12.8 Å². The summed E-state index contributed by atoms with van der Waals surface area (Å²) in [6.45, 7) is 2.58. The number of hydrogen-bond donors (Lipinski definition) is 3. The standard InChI is InChI=1S/C19H20ClN3O3S/c1-2-3-12-26-16-11-7-5-9-14(16)17(24)21-19(27)23-22-18(25)13-8-4-6-10-15(13)20/h4-11H,2-3,12H2,1H3,(H,22,25)(H2,21,23,24,27). The van der Waals surface area contributed by atoms with Gasteiger partial charge in [0.15, 0.2) is 5.11 Å². The van der Waals surface area contributed by atoms with Gasteiger partial charge in [0.05, 0.1) is 22.8 Å². The number of hydrazine groups is 1. The largest absolute Gasteiger partial charge is 0.493 e. The van der Waals surface area contributed by atoms with Gasteiger partial charge < -0.3 is 4.74 Å². The van der Waals surface area contributed by atoms with Crippen LogP contribution in [-0.2, 0) is 0 Å². The smallest absolute Gasteiger partial charge is 0.271 e. The van der Waals surface area contributed by atoms with Crippen molar-refractivity contribution in [1.29, 1.82) is 0 Å². The number of halogens is 1. The van der Waals surface area contributed by atoms with Crippen molar-refractivity contribution in [1.82, 2.24) is 16.2 Å². The van der Waals surface area contributed by atoms with E-state index in [1.165, 1.54) is 0 Å². The van der Waals surface area contributed by atoms with E-state index in [1.807, 2.05) is 0 Å². The first-order valence-electron chi connectivity index (χ1n) is 8.41. The van der Waals surface area contributed by atoms with Gasteiger partial charge >= 0.3 is 0 Å². The highest BCUT2D eigenvalue weighted by Gasteiger charge is 2.14. The van der Waals surface area contributed by atoms with Crippen LogP contribution >= 0.6 is 23.8 Å². The Bertz CT molecular complexity index is 829. The van der Waals surface area contributed by atoms with E-state index in [2.05, 4.69) is 23.1 Å². The third-order valence-corrected chi connectivity index (χ3v) is 4.06. The van der Waals surface area contributed by atoms with Gasteiger partial charge in [0.25, 0.3) is 11.8 Å². The molecular weight excluding hydrogens is 386 g/mol. The lowest BCUT2D eigenvalue weighted by molar-refractivity contribution is 0.0933. The number of ether oxygens (including phenoxy) is 1. The summed E-state index contributed by atoms with van der Waals surface area (Å²) in [5.41, 5.74) is 5.52. The molecule has 0 saturated heterocycles. The Morgan fingerprint density at radius 2 is 1.67 bits per heavy atom. The Morgan fingerprint density at radius 1 is 1.00 bits per heavy atom. The van der Waals surface area contributed by atoms with Crippen LogP contribution in [0.5, 0.6) is 5.75 Å². The molecule has 0 unspecified atom stereocenters. The van der Waals surface area contributed by atoms with Gasteiger partial charge in [-0.2, -0.15) is 0 Å². The molecule has 6 nitrogen and oxygen atoms in total. The molecule has 0 aromatic heterocycles. The molecule has 0 heterocycles. The van der Waals surface area contributed by atoms with E-state index in [0.29, 0.717) is 22.9 Å². The van der Waals surface area contributed by atoms with Crippen LogP contribution in [0.2, 0.25) is 5.02 Å². The van der Waals surface area contributed by atoms with Gasteiger partial charge in [-0.3, -0.25) is 25.8 Å². The quantitative estimate of drug-likeness (QED) is 0.389. The van der Waals surface area contributed by atoms with Crippen LogP contribution in [0.15, 0.2) is 48.5 Å². The Morgan fingerprint density at radius 3 is 2.37 bits per heavy atom. The zero-order chi connectivity index (χ0) is 19.6. The first kappa shape index (κ1) is 20.7. The monoisotopic (exact) mass is 405 g/mol. The molecule has 0 radical (unpaired) electrons. The summed E-state index contributed by atoms with van der Waals surface area (Å²) in [6, 6.07) is 13.5. The minimum atomic E-state index is -0.472. The summed E-state index contributed by atoms with van der Waals surface area (Å²) in [4.78, 5) is 24.5. The van der Waals surface area contributed by atoms with E-state index >= 15 is 0 Å². The summed E-state index contributed by atoms with van der Waals surface area (Å²) < 4.78 is 5.64. The first-order chi connectivity index (χ1) is 13.0. The van der Waals surface area contributed by atoms with E-state index in [4.69, 9.17) is 28.6 Å². The first-order valence-corrected chi connectivity index (χ1v) is 9.19. The van der Waals surface area contributed by atoms with Crippen molar-refractivity contribution in [3.05, 3.63) is 64.7 Å². The Kier molecular flexibility index (Phi) is 8.03. The molecule has 2 rings (SSSR count).